The van der Waals surface area contributed by atoms with Gasteiger partial charge < -0.3 is 10.5 Å². The minimum atomic E-state index is 0.475. The van der Waals surface area contributed by atoms with Gasteiger partial charge in [0.1, 0.15) is 12.4 Å². The summed E-state index contributed by atoms with van der Waals surface area (Å²) >= 11 is 5.93. The smallest absolute Gasteiger partial charge is 0.123 e. The van der Waals surface area contributed by atoms with Crippen LogP contribution in [-0.4, -0.2) is 16.4 Å². The van der Waals surface area contributed by atoms with Crippen LogP contribution in [0.1, 0.15) is 11.3 Å². The molecule has 18 heavy (non-hydrogen) atoms. The van der Waals surface area contributed by atoms with Gasteiger partial charge in [0.25, 0.3) is 0 Å². The van der Waals surface area contributed by atoms with Crippen LogP contribution in [0.4, 0.5) is 0 Å². The van der Waals surface area contributed by atoms with Crippen LogP contribution in [0.2, 0.25) is 5.02 Å². The Labute approximate surface area is 111 Å². The van der Waals surface area contributed by atoms with E-state index < -0.39 is 0 Å². The largest absolute Gasteiger partial charge is 0.491 e. The van der Waals surface area contributed by atoms with Gasteiger partial charge in [0, 0.05) is 18.3 Å². The van der Waals surface area contributed by atoms with E-state index in [1.165, 1.54) is 0 Å². The maximum absolute atomic E-state index is 5.93. The van der Waals surface area contributed by atoms with Crippen LogP contribution in [0.15, 0.2) is 30.5 Å². The summed E-state index contributed by atoms with van der Waals surface area (Å²) in [5.74, 6) is 0.829. The zero-order valence-corrected chi connectivity index (χ0v) is 11.0. The van der Waals surface area contributed by atoms with Crippen molar-refractivity contribution < 1.29 is 4.74 Å². The topological polar surface area (TPSA) is 53.1 Å². The Kier molecular flexibility index (Phi) is 4.23. The summed E-state index contributed by atoms with van der Waals surface area (Å²) in [6.45, 7) is 3.55. The molecular formula is C13H16ClN3O. The second-order valence-corrected chi connectivity index (χ2v) is 4.39. The molecule has 4 nitrogen and oxygen atoms in total. The standard InChI is InChI=1S/C13H16ClN3O/c1-10-12(14)9-17(16-10)6-7-18-13-5-3-2-4-11(13)8-15/h2-5,9H,6-8,15H2,1H3. The van der Waals surface area contributed by atoms with Crippen molar-refractivity contribution in [1.29, 1.82) is 0 Å². The van der Waals surface area contributed by atoms with Crippen molar-refractivity contribution in [1.82, 2.24) is 9.78 Å². The van der Waals surface area contributed by atoms with Crippen LogP contribution < -0.4 is 10.5 Å². The Hall–Kier alpha value is -1.52. The Bertz CT molecular complexity index is 505. The Morgan fingerprint density at radius 1 is 1.39 bits per heavy atom. The zero-order chi connectivity index (χ0) is 13.0. The van der Waals surface area contributed by atoms with Gasteiger partial charge in [-0.25, -0.2) is 0 Å². The van der Waals surface area contributed by atoms with Crippen molar-refractivity contribution in [3.8, 4) is 5.75 Å². The fraction of sp³-hybridized carbons (Fsp3) is 0.308. The average Bonchev–Trinajstić information content (AvgIpc) is 2.69. The second-order valence-electron chi connectivity index (χ2n) is 3.99. The van der Waals surface area contributed by atoms with Crippen molar-refractivity contribution in [2.24, 2.45) is 5.73 Å². The van der Waals surface area contributed by atoms with Crippen LogP contribution in [0.25, 0.3) is 0 Å². The van der Waals surface area contributed by atoms with E-state index >= 15 is 0 Å². The molecule has 0 saturated heterocycles. The minimum absolute atomic E-state index is 0.475. The first-order chi connectivity index (χ1) is 8.70. The molecule has 1 aromatic heterocycles. The van der Waals surface area contributed by atoms with E-state index in [9.17, 15) is 0 Å². The first kappa shape index (κ1) is 12.9. The molecule has 96 valence electrons. The lowest BCUT2D eigenvalue weighted by Crippen LogP contribution is -2.10. The van der Waals surface area contributed by atoms with E-state index in [4.69, 9.17) is 22.1 Å². The van der Waals surface area contributed by atoms with E-state index in [0.29, 0.717) is 24.7 Å². The number of halogens is 1. The molecule has 1 aromatic carbocycles. The predicted octanol–water partition coefficient (Wildman–Crippen LogP) is 2.38. The highest BCUT2D eigenvalue weighted by Gasteiger charge is 2.03. The molecule has 0 bridgehead atoms. The fourth-order valence-corrected chi connectivity index (χ4v) is 1.82. The highest BCUT2D eigenvalue weighted by atomic mass is 35.5. The molecule has 0 saturated carbocycles. The first-order valence-corrected chi connectivity index (χ1v) is 6.19. The quantitative estimate of drug-likeness (QED) is 0.903. The van der Waals surface area contributed by atoms with Crippen molar-refractivity contribution in [3.05, 3.63) is 46.7 Å². The van der Waals surface area contributed by atoms with Crippen molar-refractivity contribution in [3.63, 3.8) is 0 Å². The normalized spacial score (nSPS) is 10.6. The van der Waals surface area contributed by atoms with Crippen LogP contribution in [-0.2, 0) is 13.1 Å². The Balaban J connectivity index is 1.92. The van der Waals surface area contributed by atoms with Gasteiger partial charge in [-0.1, -0.05) is 29.8 Å². The van der Waals surface area contributed by atoms with Crippen molar-refractivity contribution in [2.45, 2.75) is 20.0 Å². The summed E-state index contributed by atoms with van der Waals surface area (Å²) in [5.41, 5.74) is 7.48. The summed E-state index contributed by atoms with van der Waals surface area (Å²) in [6.07, 6.45) is 1.80. The van der Waals surface area contributed by atoms with E-state index in [2.05, 4.69) is 5.10 Å². The molecule has 1 heterocycles. The van der Waals surface area contributed by atoms with E-state index in [1.54, 1.807) is 10.9 Å². The Morgan fingerprint density at radius 2 is 2.17 bits per heavy atom. The summed E-state index contributed by atoms with van der Waals surface area (Å²) in [7, 11) is 0. The molecule has 0 fully saturated rings. The summed E-state index contributed by atoms with van der Waals surface area (Å²) in [6, 6.07) is 7.77. The number of aromatic nitrogens is 2. The highest BCUT2D eigenvalue weighted by Crippen LogP contribution is 2.17. The van der Waals surface area contributed by atoms with Crippen molar-refractivity contribution in [2.75, 3.05) is 6.61 Å². The highest BCUT2D eigenvalue weighted by molar-refractivity contribution is 6.31. The monoisotopic (exact) mass is 265 g/mol. The van der Waals surface area contributed by atoms with Crippen LogP contribution in [0, 0.1) is 6.92 Å². The van der Waals surface area contributed by atoms with Gasteiger partial charge in [0.15, 0.2) is 0 Å². The number of hydrogen-bond acceptors (Lipinski definition) is 3. The molecule has 2 rings (SSSR count). The van der Waals surface area contributed by atoms with E-state index in [1.807, 2.05) is 31.2 Å². The third kappa shape index (κ3) is 3.03. The van der Waals surface area contributed by atoms with Gasteiger partial charge in [-0.15, -0.1) is 0 Å². The summed E-state index contributed by atoms with van der Waals surface area (Å²) < 4.78 is 7.48. The molecule has 2 N–H and O–H groups in total. The third-order valence-corrected chi connectivity index (χ3v) is 3.03. The second kappa shape index (κ2) is 5.89. The first-order valence-electron chi connectivity index (χ1n) is 5.81. The molecule has 0 atom stereocenters. The maximum atomic E-state index is 5.93. The van der Waals surface area contributed by atoms with E-state index in [-0.39, 0.29) is 0 Å². The number of nitrogens with zero attached hydrogens (tertiary/aromatic N) is 2. The van der Waals surface area contributed by atoms with Crippen LogP contribution in [0.3, 0.4) is 0 Å². The van der Waals surface area contributed by atoms with Gasteiger partial charge in [-0.05, 0) is 13.0 Å². The van der Waals surface area contributed by atoms with Crippen LogP contribution >= 0.6 is 11.6 Å². The Morgan fingerprint density at radius 3 is 2.83 bits per heavy atom. The SMILES string of the molecule is Cc1nn(CCOc2ccccc2CN)cc1Cl. The average molecular weight is 266 g/mol. The molecule has 5 heteroatoms. The lowest BCUT2D eigenvalue weighted by molar-refractivity contribution is 0.288. The molecule has 2 aromatic rings. The van der Waals surface area contributed by atoms with E-state index in [0.717, 1.165) is 17.0 Å². The predicted molar refractivity (Wildman–Crippen MR) is 71.8 cm³/mol. The molecule has 0 amide bonds. The molecule has 0 unspecified atom stereocenters. The van der Waals surface area contributed by atoms with Gasteiger partial charge in [-0.3, -0.25) is 4.68 Å². The fourth-order valence-electron chi connectivity index (χ4n) is 1.67. The van der Waals surface area contributed by atoms with Gasteiger partial charge in [-0.2, -0.15) is 5.10 Å². The molecule has 0 aliphatic carbocycles. The lowest BCUT2D eigenvalue weighted by atomic mass is 10.2. The number of ether oxygens (including phenoxy) is 1. The number of benzene rings is 1. The molecule has 0 aliphatic rings. The molecule has 0 radical (unpaired) electrons. The maximum Gasteiger partial charge on any atom is 0.123 e. The van der Waals surface area contributed by atoms with Gasteiger partial charge >= 0.3 is 0 Å². The number of aryl methyl sites for hydroxylation is 1. The zero-order valence-electron chi connectivity index (χ0n) is 10.3. The minimum Gasteiger partial charge on any atom is -0.491 e. The third-order valence-electron chi connectivity index (χ3n) is 2.66. The number of nitrogens with two attached hydrogens (primary N) is 1. The molecular weight excluding hydrogens is 250 g/mol. The van der Waals surface area contributed by atoms with Crippen molar-refractivity contribution >= 4 is 11.6 Å². The van der Waals surface area contributed by atoms with Crippen LogP contribution in [0.5, 0.6) is 5.75 Å². The number of rotatable bonds is 5. The number of para-hydroxylation sites is 1. The summed E-state index contributed by atoms with van der Waals surface area (Å²) in [5, 5.41) is 4.94. The molecule has 0 spiro atoms. The summed E-state index contributed by atoms with van der Waals surface area (Å²) in [4.78, 5) is 0. The number of hydrogen-bond donors (Lipinski definition) is 1. The lowest BCUT2D eigenvalue weighted by Gasteiger charge is -2.09. The van der Waals surface area contributed by atoms with Gasteiger partial charge in [0.05, 0.1) is 17.3 Å². The molecule has 0 aliphatic heterocycles. The van der Waals surface area contributed by atoms with Gasteiger partial charge in [0.2, 0.25) is 0 Å².